The molecule has 1 atom stereocenters. The Balaban J connectivity index is 0.000000275. The van der Waals surface area contributed by atoms with E-state index in [4.69, 9.17) is 0 Å². The number of allylic oxidation sites excluding steroid dienone is 4. The van der Waals surface area contributed by atoms with Crippen LogP contribution in [0.2, 0.25) is 0 Å². The summed E-state index contributed by atoms with van der Waals surface area (Å²) < 4.78 is 2.19. The van der Waals surface area contributed by atoms with E-state index in [0.29, 0.717) is 11.3 Å². The third-order valence-electron chi connectivity index (χ3n) is 6.51. The van der Waals surface area contributed by atoms with Crippen LogP contribution in [0.4, 0.5) is 0 Å². The van der Waals surface area contributed by atoms with Crippen LogP contribution in [0.5, 0.6) is 0 Å². The van der Waals surface area contributed by atoms with Crippen molar-refractivity contribution >= 4 is 3.71 Å². The Kier molecular flexibility index (Phi) is 14.3. The van der Waals surface area contributed by atoms with Crippen LogP contribution in [0.25, 0.3) is 11.1 Å². The molecule has 0 nitrogen and oxygen atoms in total. The summed E-state index contributed by atoms with van der Waals surface area (Å²) >= 11 is 1.47. The average molecular weight is 609 g/mol. The van der Waals surface area contributed by atoms with Crippen LogP contribution in [0.3, 0.4) is 0 Å². The van der Waals surface area contributed by atoms with Crippen molar-refractivity contribution in [3.05, 3.63) is 118 Å². The molecule has 5 rings (SSSR count). The predicted molar refractivity (Wildman–Crippen MR) is 148 cm³/mol. The Hall–Kier alpha value is -1.53. The number of fused-ring (bicyclic) bond motifs is 3. The molecule has 3 heteroatoms. The Morgan fingerprint density at radius 1 is 0.919 bits per heavy atom. The average Bonchev–Trinajstić information content (AvgIpc) is 3.47. The standard InChI is InChI=1S/C13H9.C13H21.C8H8.2ClH.Zr/c1-3-7-12-10(5-1)9-11-6-2-4-8-13(11)12;1-6-10-8-11(7-2)12(9-10)13(3,4)5;1-7-3-5-8(2)6-4-7;;;/h1-5,7-8H,9H2;9-10H,6-7H2,1-5H3;1,3-6H,2H3;2*1H;/q2*-1;;;;+2/p-2. The summed E-state index contributed by atoms with van der Waals surface area (Å²) in [5, 5.41) is 0. The van der Waals surface area contributed by atoms with Gasteiger partial charge in [0.15, 0.2) is 0 Å². The molecule has 0 spiro atoms. The molecule has 0 aromatic heterocycles. The van der Waals surface area contributed by atoms with Crippen LogP contribution in [0, 0.1) is 30.4 Å². The van der Waals surface area contributed by atoms with Crippen molar-refractivity contribution in [2.45, 2.75) is 60.8 Å². The van der Waals surface area contributed by atoms with Gasteiger partial charge in [0.05, 0.1) is 0 Å². The van der Waals surface area contributed by atoms with Crippen molar-refractivity contribution in [2.24, 2.45) is 11.3 Å². The summed E-state index contributed by atoms with van der Waals surface area (Å²) in [4.78, 5) is 0. The number of rotatable bonds is 3. The second kappa shape index (κ2) is 15.8. The van der Waals surface area contributed by atoms with E-state index in [9.17, 15) is 0 Å². The minimum atomic E-state index is 0. The van der Waals surface area contributed by atoms with E-state index in [1.54, 1.807) is 0 Å². The van der Waals surface area contributed by atoms with Crippen molar-refractivity contribution < 1.29 is 49.0 Å². The fraction of sp³-hybridized carbons (Fsp3) is 0.324. The van der Waals surface area contributed by atoms with Gasteiger partial charge < -0.3 is 24.8 Å². The predicted octanol–water partition coefficient (Wildman–Crippen LogP) is 2.90. The molecule has 0 heterocycles. The molecule has 0 saturated heterocycles. The van der Waals surface area contributed by atoms with Gasteiger partial charge >= 0.3 is 70.3 Å². The van der Waals surface area contributed by atoms with Crippen molar-refractivity contribution in [1.29, 1.82) is 0 Å². The van der Waals surface area contributed by atoms with E-state index < -0.39 is 0 Å². The molecular formula is C34H38Cl2Zr-2. The molecular weight excluding hydrogens is 571 g/mol. The minimum absolute atomic E-state index is 0. The maximum Gasteiger partial charge on any atom is -0.0253 e. The van der Waals surface area contributed by atoms with Crippen LogP contribution in [0.15, 0.2) is 84.0 Å². The quantitative estimate of drug-likeness (QED) is 0.314. The van der Waals surface area contributed by atoms with Gasteiger partial charge in [0.25, 0.3) is 0 Å². The number of hydrogen-bond donors (Lipinski definition) is 0. The van der Waals surface area contributed by atoms with E-state index in [2.05, 4.69) is 124 Å². The molecule has 0 aliphatic heterocycles. The second-order valence-electron chi connectivity index (χ2n) is 10.3. The third-order valence-corrected chi connectivity index (χ3v) is 7.33. The first kappa shape index (κ1) is 33.5. The van der Waals surface area contributed by atoms with Gasteiger partial charge in [0, 0.05) is 0 Å². The molecule has 0 fully saturated rings. The Morgan fingerprint density at radius 3 is 2.14 bits per heavy atom. The largest absolute Gasteiger partial charge is 1.00 e. The van der Waals surface area contributed by atoms with E-state index >= 15 is 0 Å². The Morgan fingerprint density at radius 2 is 1.57 bits per heavy atom. The third kappa shape index (κ3) is 9.31. The summed E-state index contributed by atoms with van der Waals surface area (Å²) in [6.07, 6.45) is 9.33. The molecule has 0 N–H and O–H groups in total. The molecule has 1 unspecified atom stereocenters. The van der Waals surface area contributed by atoms with Crippen LogP contribution < -0.4 is 24.8 Å². The number of benzene rings is 3. The molecule has 2 aliphatic carbocycles. The van der Waals surface area contributed by atoms with E-state index in [1.807, 2.05) is 6.07 Å². The van der Waals surface area contributed by atoms with E-state index in [1.165, 1.54) is 75.2 Å². The maximum atomic E-state index is 3.57. The van der Waals surface area contributed by atoms with Gasteiger partial charge in [0.1, 0.15) is 0 Å². The first-order valence-electron chi connectivity index (χ1n) is 12.8. The fourth-order valence-corrected chi connectivity index (χ4v) is 4.99. The molecule has 0 saturated carbocycles. The van der Waals surface area contributed by atoms with Gasteiger partial charge in [-0.05, 0) is 6.42 Å². The number of halogens is 2. The molecule has 3 aromatic rings. The molecule has 2 aliphatic rings. The zero-order valence-electron chi connectivity index (χ0n) is 23.0. The maximum absolute atomic E-state index is 3.57. The van der Waals surface area contributed by atoms with Crippen molar-refractivity contribution in [1.82, 2.24) is 0 Å². The molecule has 0 amide bonds. The zero-order valence-corrected chi connectivity index (χ0v) is 26.9. The summed E-state index contributed by atoms with van der Waals surface area (Å²) in [5.74, 6) is 0.573. The van der Waals surface area contributed by atoms with Crippen molar-refractivity contribution in [3.63, 3.8) is 0 Å². The molecule has 3 aromatic carbocycles. The SMILES string of the molecule is CCC1=[C-]C(CC)C=C1C(C)(C)C.Cc1ccc([CH]=[Zr+2])cc1.[Cl-].[Cl-].[c-]1cccc2c1Cc1ccccc1-2. The molecule has 0 radical (unpaired) electrons. The van der Waals surface area contributed by atoms with Gasteiger partial charge in [-0.25, -0.2) is 5.57 Å². The second-order valence-corrected chi connectivity index (χ2v) is 11.0. The van der Waals surface area contributed by atoms with Gasteiger partial charge in [-0.15, -0.1) is 5.56 Å². The minimum Gasteiger partial charge on any atom is -1.00 e. The number of hydrogen-bond acceptors (Lipinski definition) is 0. The van der Waals surface area contributed by atoms with E-state index in [0.717, 1.165) is 12.8 Å². The van der Waals surface area contributed by atoms with Gasteiger partial charge in [-0.3, -0.25) is 6.08 Å². The van der Waals surface area contributed by atoms with Crippen LogP contribution in [0.1, 0.15) is 69.7 Å². The van der Waals surface area contributed by atoms with Gasteiger partial charge in [-0.1, -0.05) is 94.2 Å². The normalized spacial score (nSPS) is 14.6. The van der Waals surface area contributed by atoms with Crippen molar-refractivity contribution in [2.75, 3.05) is 0 Å². The topological polar surface area (TPSA) is 0 Å². The van der Waals surface area contributed by atoms with Crippen molar-refractivity contribution in [3.8, 4) is 11.1 Å². The first-order chi connectivity index (χ1) is 16.8. The van der Waals surface area contributed by atoms with Gasteiger partial charge in [0.2, 0.25) is 0 Å². The molecule has 194 valence electrons. The van der Waals surface area contributed by atoms with Crippen LogP contribution in [-0.2, 0) is 30.7 Å². The van der Waals surface area contributed by atoms with Gasteiger partial charge in [-0.2, -0.15) is 41.5 Å². The molecule has 0 bridgehead atoms. The Bertz CT molecular complexity index is 1150. The smallest absolute Gasteiger partial charge is 0.0253 e. The molecule has 37 heavy (non-hydrogen) atoms. The Labute approximate surface area is 252 Å². The number of aryl methyl sites for hydroxylation is 1. The van der Waals surface area contributed by atoms with Crippen LogP contribution >= 0.6 is 0 Å². The fourth-order valence-electron chi connectivity index (χ4n) is 4.52. The summed E-state index contributed by atoms with van der Waals surface area (Å²) in [5.41, 5.74) is 11.4. The monoisotopic (exact) mass is 606 g/mol. The van der Waals surface area contributed by atoms with Crippen LogP contribution in [-0.4, -0.2) is 3.71 Å². The van der Waals surface area contributed by atoms with E-state index in [-0.39, 0.29) is 24.8 Å². The zero-order chi connectivity index (χ0) is 25.4. The summed E-state index contributed by atoms with van der Waals surface area (Å²) in [6.45, 7) is 13.4. The summed E-state index contributed by atoms with van der Waals surface area (Å²) in [7, 11) is 0. The summed E-state index contributed by atoms with van der Waals surface area (Å²) in [6, 6.07) is 26.7. The first-order valence-corrected chi connectivity index (χ1v) is 14.2.